The highest BCUT2D eigenvalue weighted by molar-refractivity contribution is 5.62. The molecule has 2 unspecified atom stereocenters. The number of aryl methyl sites for hydroxylation is 1. The Hall–Kier alpha value is -1.44. The zero-order chi connectivity index (χ0) is 13.2. The summed E-state index contributed by atoms with van der Waals surface area (Å²) in [7, 11) is 0. The van der Waals surface area contributed by atoms with Crippen LogP contribution in [0, 0.1) is 11.8 Å². The number of rotatable bonds is 1. The molecule has 0 saturated heterocycles. The van der Waals surface area contributed by atoms with Gasteiger partial charge in [-0.2, -0.15) is 0 Å². The number of hydrogen-bond donors (Lipinski definition) is 0. The van der Waals surface area contributed by atoms with E-state index >= 15 is 0 Å². The topological polar surface area (TPSA) is 18.5 Å². The van der Waals surface area contributed by atoms with Gasteiger partial charge in [-0.05, 0) is 30.4 Å². The SMILES string of the molecule is CCC1CCc2cc3c(cc2OC1)OCC(C)C=C3. The van der Waals surface area contributed by atoms with E-state index in [0.717, 1.165) is 31.1 Å². The standard InChI is InChI=1S/C17H22O2/c1-3-13-5-7-15-8-14-6-4-12(2)10-18-16(14)9-17(15)19-11-13/h4,6,8-9,12-13H,3,5,7,10-11H2,1-2H3. The Morgan fingerprint density at radius 1 is 1.16 bits per heavy atom. The summed E-state index contributed by atoms with van der Waals surface area (Å²) in [6.07, 6.45) is 7.95. The van der Waals surface area contributed by atoms with E-state index in [1.54, 1.807) is 0 Å². The van der Waals surface area contributed by atoms with Crippen LogP contribution in [0.3, 0.4) is 0 Å². The van der Waals surface area contributed by atoms with Gasteiger partial charge in [0.05, 0.1) is 13.2 Å². The van der Waals surface area contributed by atoms with Crippen molar-refractivity contribution >= 4 is 6.08 Å². The van der Waals surface area contributed by atoms with E-state index < -0.39 is 0 Å². The van der Waals surface area contributed by atoms with Gasteiger partial charge in [0.1, 0.15) is 11.5 Å². The monoisotopic (exact) mass is 258 g/mol. The van der Waals surface area contributed by atoms with Crippen molar-refractivity contribution in [2.75, 3.05) is 13.2 Å². The third-order valence-electron chi connectivity index (χ3n) is 4.17. The highest BCUT2D eigenvalue weighted by atomic mass is 16.5. The predicted molar refractivity (Wildman–Crippen MR) is 77.7 cm³/mol. The van der Waals surface area contributed by atoms with Gasteiger partial charge in [0, 0.05) is 17.5 Å². The molecule has 2 aliphatic rings. The molecule has 0 bridgehead atoms. The van der Waals surface area contributed by atoms with Gasteiger partial charge in [0.2, 0.25) is 0 Å². The summed E-state index contributed by atoms with van der Waals surface area (Å²) in [6.45, 7) is 6.01. The van der Waals surface area contributed by atoms with Gasteiger partial charge < -0.3 is 9.47 Å². The first-order valence-corrected chi connectivity index (χ1v) is 7.37. The minimum Gasteiger partial charge on any atom is -0.493 e. The summed E-state index contributed by atoms with van der Waals surface area (Å²) >= 11 is 0. The van der Waals surface area contributed by atoms with Gasteiger partial charge in [-0.1, -0.05) is 32.4 Å². The van der Waals surface area contributed by atoms with Crippen LogP contribution in [-0.4, -0.2) is 13.2 Å². The average molecular weight is 258 g/mol. The van der Waals surface area contributed by atoms with Gasteiger partial charge in [-0.3, -0.25) is 0 Å². The molecule has 0 aliphatic carbocycles. The fraction of sp³-hybridized carbons (Fsp3) is 0.529. The van der Waals surface area contributed by atoms with Gasteiger partial charge >= 0.3 is 0 Å². The summed E-state index contributed by atoms with van der Waals surface area (Å²) in [5.41, 5.74) is 2.53. The zero-order valence-corrected chi connectivity index (χ0v) is 11.8. The quantitative estimate of drug-likeness (QED) is 0.755. The molecule has 102 valence electrons. The molecule has 2 aliphatic heterocycles. The van der Waals surface area contributed by atoms with E-state index in [-0.39, 0.29) is 0 Å². The molecule has 0 fully saturated rings. The Bertz CT molecular complexity index is 490. The lowest BCUT2D eigenvalue weighted by Gasteiger charge is -2.13. The van der Waals surface area contributed by atoms with E-state index in [0.29, 0.717) is 11.8 Å². The van der Waals surface area contributed by atoms with Crippen LogP contribution in [0.25, 0.3) is 6.08 Å². The van der Waals surface area contributed by atoms with Crippen LogP contribution >= 0.6 is 0 Å². The van der Waals surface area contributed by atoms with Crippen LogP contribution < -0.4 is 9.47 Å². The van der Waals surface area contributed by atoms with Crippen molar-refractivity contribution < 1.29 is 9.47 Å². The lowest BCUT2D eigenvalue weighted by molar-refractivity contribution is 0.246. The highest BCUT2D eigenvalue weighted by Gasteiger charge is 2.19. The van der Waals surface area contributed by atoms with Crippen LogP contribution in [0.5, 0.6) is 11.5 Å². The Morgan fingerprint density at radius 2 is 2.00 bits per heavy atom. The maximum Gasteiger partial charge on any atom is 0.130 e. The smallest absolute Gasteiger partial charge is 0.130 e. The first kappa shape index (κ1) is 12.6. The predicted octanol–water partition coefficient (Wildman–Crippen LogP) is 4.08. The van der Waals surface area contributed by atoms with Crippen molar-refractivity contribution in [3.05, 3.63) is 29.3 Å². The second-order valence-electron chi connectivity index (χ2n) is 5.77. The van der Waals surface area contributed by atoms with Crippen molar-refractivity contribution in [1.29, 1.82) is 0 Å². The van der Waals surface area contributed by atoms with Crippen molar-refractivity contribution in [3.8, 4) is 11.5 Å². The molecular formula is C17H22O2. The first-order valence-electron chi connectivity index (χ1n) is 7.37. The average Bonchev–Trinajstić information content (AvgIpc) is 2.73. The van der Waals surface area contributed by atoms with Gasteiger partial charge in [0.25, 0.3) is 0 Å². The lowest BCUT2D eigenvalue weighted by atomic mass is 9.97. The molecule has 19 heavy (non-hydrogen) atoms. The summed E-state index contributed by atoms with van der Waals surface area (Å²) in [6, 6.07) is 4.34. The summed E-state index contributed by atoms with van der Waals surface area (Å²) in [4.78, 5) is 0. The molecule has 0 saturated carbocycles. The van der Waals surface area contributed by atoms with E-state index in [1.165, 1.54) is 24.0 Å². The van der Waals surface area contributed by atoms with Crippen LogP contribution in [-0.2, 0) is 6.42 Å². The van der Waals surface area contributed by atoms with E-state index in [9.17, 15) is 0 Å². The molecular weight excluding hydrogens is 236 g/mol. The summed E-state index contributed by atoms with van der Waals surface area (Å²) in [5, 5.41) is 0. The molecule has 0 radical (unpaired) electrons. The number of hydrogen-bond acceptors (Lipinski definition) is 2. The van der Waals surface area contributed by atoms with Gasteiger partial charge in [0.15, 0.2) is 0 Å². The molecule has 3 rings (SSSR count). The van der Waals surface area contributed by atoms with Crippen LogP contribution in [0.15, 0.2) is 18.2 Å². The van der Waals surface area contributed by atoms with Crippen molar-refractivity contribution in [3.63, 3.8) is 0 Å². The first-order chi connectivity index (χ1) is 9.26. The Kier molecular flexibility index (Phi) is 3.50. The number of fused-ring (bicyclic) bond motifs is 2. The summed E-state index contributed by atoms with van der Waals surface area (Å²) < 4.78 is 11.9. The maximum absolute atomic E-state index is 5.98. The Balaban J connectivity index is 1.92. The Labute approximate surface area is 115 Å². The molecule has 0 spiro atoms. The Morgan fingerprint density at radius 3 is 2.84 bits per heavy atom. The van der Waals surface area contributed by atoms with Crippen molar-refractivity contribution in [2.45, 2.75) is 33.1 Å². The third kappa shape index (κ3) is 2.63. The van der Waals surface area contributed by atoms with Gasteiger partial charge in [-0.15, -0.1) is 0 Å². The van der Waals surface area contributed by atoms with Crippen LogP contribution in [0.1, 0.15) is 37.8 Å². The number of benzene rings is 1. The highest BCUT2D eigenvalue weighted by Crippen LogP contribution is 2.35. The lowest BCUT2D eigenvalue weighted by Crippen LogP contribution is -2.09. The molecule has 2 atom stereocenters. The molecule has 2 nitrogen and oxygen atoms in total. The molecule has 2 heterocycles. The molecule has 0 aromatic heterocycles. The van der Waals surface area contributed by atoms with Crippen molar-refractivity contribution in [2.24, 2.45) is 11.8 Å². The minimum absolute atomic E-state index is 0.470. The fourth-order valence-corrected chi connectivity index (χ4v) is 2.73. The van der Waals surface area contributed by atoms with Crippen LogP contribution in [0.4, 0.5) is 0 Å². The third-order valence-corrected chi connectivity index (χ3v) is 4.17. The second kappa shape index (κ2) is 5.28. The van der Waals surface area contributed by atoms with Crippen LogP contribution in [0.2, 0.25) is 0 Å². The summed E-state index contributed by atoms with van der Waals surface area (Å²) in [5.74, 6) is 3.15. The zero-order valence-electron chi connectivity index (χ0n) is 11.8. The maximum atomic E-state index is 5.98. The van der Waals surface area contributed by atoms with Crippen molar-refractivity contribution in [1.82, 2.24) is 0 Å². The molecule has 1 aromatic carbocycles. The molecule has 0 amide bonds. The largest absolute Gasteiger partial charge is 0.493 e. The molecule has 1 aromatic rings. The van der Waals surface area contributed by atoms with E-state index in [4.69, 9.17) is 9.47 Å². The number of ether oxygens (including phenoxy) is 2. The van der Waals surface area contributed by atoms with E-state index in [2.05, 4.69) is 38.1 Å². The van der Waals surface area contributed by atoms with E-state index in [1.807, 2.05) is 0 Å². The molecule has 2 heteroatoms. The normalized spacial score (nSPS) is 25.4. The second-order valence-corrected chi connectivity index (χ2v) is 5.77. The molecule has 0 N–H and O–H groups in total. The fourth-order valence-electron chi connectivity index (χ4n) is 2.73. The minimum atomic E-state index is 0.470. The van der Waals surface area contributed by atoms with Gasteiger partial charge in [-0.25, -0.2) is 0 Å².